The Bertz CT molecular complexity index is 581. The van der Waals surface area contributed by atoms with Crippen LogP contribution in [-0.2, 0) is 14.3 Å². The fraction of sp³-hybridized carbons (Fsp3) is 0.526. The molecule has 0 aromatic heterocycles. The Balaban J connectivity index is 2.64. The lowest BCUT2D eigenvalue weighted by Gasteiger charge is -2.20. The normalized spacial score (nSPS) is 10.1. The van der Waals surface area contributed by atoms with Crippen LogP contribution in [0.25, 0.3) is 0 Å². The zero-order valence-corrected chi connectivity index (χ0v) is 15.8. The minimum atomic E-state index is -0.380. The number of esters is 1. The third-order valence-corrected chi connectivity index (χ3v) is 4.55. The second kappa shape index (κ2) is 12.4. The number of unbranched alkanes of at least 4 members (excludes halogenated alkanes) is 1. The van der Waals surface area contributed by atoms with Crippen LogP contribution in [-0.4, -0.2) is 30.8 Å². The second-order valence-electron chi connectivity index (χ2n) is 5.55. The number of benzene rings is 1. The van der Waals surface area contributed by atoms with E-state index in [9.17, 15) is 9.59 Å². The molecule has 0 N–H and O–H groups in total. The van der Waals surface area contributed by atoms with Crippen LogP contribution in [0.2, 0.25) is 0 Å². The van der Waals surface area contributed by atoms with Crippen molar-refractivity contribution in [2.24, 2.45) is 0 Å². The van der Waals surface area contributed by atoms with E-state index in [1.165, 1.54) is 11.3 Å². The van der Waals surface area contributed by atoms with Crippen LogP contribution < -0.4 is 4.90 Å². The van der Waals surface area contributed by atoms with Crippen molar-refractivity contribution in [2.75, 3.05) is 23.8 Å². The van der Waals surface area contributed by atoms with E-state index in [1.807, 2.05) is 37.3 Å². The van der Waals surface area contributed by atoms with E-state index in [0.717, 1.165) is 23.5 Å². The maximum Gasteiger partial charge on any atom is 0.306 e. The molecule has 136 valence electrons. The molecular weight excluding hydrogens is 336 g/mol. The zero-order chi connectivity index (χ0) is 18.5. The molecule has 0 fully saturated rings. The van der Waals surface area contributed by atoms with Gasteiger partial charge in [0.2, 0.25) is 5.91 Å². The second-order valence-corrected chi connectivity index (χ2v) is 6.72. The highest BCUT2D eigenvalue weighted by Gasteiger charge is 2.17. The lowest BCUT2D eigenvalue weighted by atomic mass is 10.2. The van der Waals surface area contributed by atoms with E-state index in [0.29, 0.717) is 12.3 Å². The highest BCUT2D eigenvalue weighted by atomic mass is 32.2. The summed E-state index contributed by atoms with van der Waals surface area (Å²) in [7, 11) is 0. The van der Waals surface area contributed by atoms with Gasteiger partial charge in [-0.1, -0.05) is 20.3 Å². The number of nitriles is 1. The Morgan fingerprint density at radius 3 is 2.48 bits per heavy atom. The van der Waals surface area contributed by atoms with E-state index >= 15 is 0 Å². The molecule has 0 atom stereocenters. The third kappa shape index (κ3) is 8.08. The molecule has 1 aromatic carbocycles. The van der Waals surface area contributed by atoms with Crippen LogP contribution in [0.4, 0.5) is 5.69 Å². The van der Waals surface area contributed by atoms with Gasteiger partial charge in [0.15, 0.2) is 0 Å². The van der Waals surface area contributed by atoms with Gasteiger partial charge in [0.1, 0.15) is 6.54 Å². The Kier molecular flexibility index (Phi) is 10.4. The molecule has 5 nitrogen and oxygen atoms in total. The molecule has 6 heteroatoms. The average Bonchev–Trinajstić information content (AvgIpc) is 2.63. The number of amides is 1. The molecule has 0 bridgehead atoms. The summed E-state index contributed by atoms with van der Waals surface area (Å²) in [6.45, 7) is 4.40. The predicted molar refractivity (Wildman–Crippen MR) is 101 cm³/mol. The highest BCUT2D eigenvalue weighted by molar-refractivity contribution is 7.99. The van der Waals surface area contributed by atoms with Crippen molar-refractivity contribution in [1.82, 2.24) is 0 Å². The summed E-state index contributed by atoms with van der Waals surface area (Å²) in [5.74, 6) is 0.437. The summed E-state index contributed by atoms with van der Waals surface area (Å²) < 4.78 is 4.97. The fourth-order valence-corrected chi connectivity index (χ4v) is 3.08. The first-order valence-corrected chi connectivity index (χ1v) is 9.66. The van der Waals surface area contributed by atoms with Crippen LogP contribution in [0.5, 0.6) is 0 Å². The van der Waals surface area contributed by atoms with E-state index in [2.05, 4.69) is 6.92 Å². The molecule has 0 saturated heterocycles. The monoisotopic (exact) mass is 362 g/mol. The van der Waals surface area contributed by atoms with Crippen LogP contribution >= 0.6 is 11.8 Å². The Morgan fingerprint density at radius 1 is 1.16 bits per heavy atom. The van der Waals surface area contributed by atoms with Gasteiger partial charge in [-0.2, -0.15) is 5.26 Å². The molecule has 1 rings (SSSR count). The number of ether oxygens (including phenoxy) is 1. The molecule has 0 aliphatic heterocycles. The van der Waals surface area contributed by atoms with Crippen molar-refractivity contribution in [3.05, 3.63) is 24.3 Å². The van der Waals surface area contributed by atoms with Gasteiger partial charge in [0, 0.05) is 17.0 Å². The number of carbonyl (C=O) groups excluding carboxylic acids is 2. The van der Waals surface area contributed by atoms with Crippen molar-refractivity contribution in [3.8, 4) is 6.07 Å². The summed E-state index contributed by atoms with van der Waals surface area (Å²) in [6, 6.07) is 9.62. The number of rotatable bonds is 11. The molecule has 25 heavy (non-hydrogen) atoms. The van der Waals surface area contributed by atoms with Gasteiger partial charge in [-0.15, -0.1) is 11.8 Å². The minimum Gasteiger partial charge on any atom is -0.466 e. The molecule has 0 heterocycles. The summed E-state index contributed by atoms with van der Waals surface area (Å²) >= 11 is 1.78. The number of hydrogen-bond donors (Lipinski definition) is 0. The van der Waals surface area contributed by atoms with Gasteiger partial charge < -0.3 is 4.74 Å². The number of anilines is 1. The standard InChI is InChI=1S/C19H26N2O3S/c1-3-5-15-25-17-8-6-16(7-9-17)21(13-12-20)18(22)10-11-19(23)24-14-4-2/h6-9H,3-5,10-11,13-15H2,1-2H3. The Hall–Kier alpha value is -2.00. The van der Waals surface area contributed by atoms with Crippen LogP contribution in [0.15, 0.2) is 29.2 Å². The lowest BCUT2D eigenvalue weighted by Crippen LogP contribution is -2.31. The van der Waals surface area contributed by atoms with Gasteiger partial charge in [0.25, 0.3) is 0 Å². The van der Waals surface area contributed by atoms with Crippen molar-refractivity contribution >= 4 is 29.3 Å². The summed E-state index contributed by atoms with van der Waals surface area (Å²) in [5.41, 5.74) is 0.674. The Morgan fingerprint density at radius 2 is 1.88 bits per heavy atom. The van der Waals surface area contributed by atoms with Crippen molar-refractivity contribution in [2.45, 2.75) is 50.8 Å². The largest absolute Gasteiger partial charge is 0.466 e. The Labute approximate surface area is 154 Å². The van der Waals surface area contributed by atoms with Crippen molar-refractivity contribution in [3.63, 3.8) is 0 Å². The molecule has 0 radical (unpaired) electrons. The predicted octanol–water partition coefficient (Wildman–Crippen LogP) is 4.17. The fourth-order valence-electron chi connectivity index (χ4n) is 2.08. The summed E-state index contributed by atoms with van der Waals surface area (Å²) in [5, 5.41) is 9.00. The topological polar surface area (TPSA) is 70.4 Å². The SMILES string of the molecule is CCCCSc1ccc(N(CC#N)C(=O)CCC(=O)OCCC)cc1. The van der Waals surface area contributed by atoms with E-state index in [-0.39, 0.29) is 31.3 Å². The molecule has 0 aliphatic carbocycles. The number of thioether (sulfide) groups is 1. The molecule has 0 spiro atoms. The van der Waals surface area contributed by atoms with Crippen LogP contribution in [0.3, 0.4) is 0 Å². The van der Waals surface area contributed by atoms with Crippen LogP contribution in [0, 0.1) is 11.3 Å². The molecular formula is C19H26N2O3S. The smallest absolute Gasteiger partial charge is 0.306 e. The van der Waals surface area contributed by atoms with Gasteiger partial charge in [0.05, 0.1) is 19.1 Å². The van der Waals surface area contributed by atoms with Gasteiger partial charge >= 0.3 is 5.97 Å². The summed E-state index contributed by atoms with van der Waals surface area (Å²) in [6.07, 6.45) is 3.15. The third-order valence-electron chi connectivity index (χ3n) is 3.46. The first-order chi connectivity index (χ1) is 12.1. The quantitative estimate of drug-likeness (QED) is 0.256. The van der Waals surface area contributed by atoms with Crippen LogP contribution in [0.1, 0.15) is 46.0 Å². The van der Waals surface area contributed by atoms with E-state index in [4.69, 9.17) is 10.00 Å². The average molecular weight is 362 g/mol. The molecule has 0 unspecified atom stereocenters. The van der Waals surface area contributed by atoms with Crippen molar-refractivity contribution in [1.29, 1.82) is 5.26 Å². The molecule has 0 saturated carbocycles. The van der Waals surface area contributed by atoms with Gasteiger partial charge in [-0.05, 0) is 42.9 Å². The van der Waals surface area contributed by atoms with Gasteiger partial charge in [-0.3, -0.25) is 14.5 Å². The van der Waals surface area contributed by atoms with E-state index in [1.54, 1.807) is 11.8 Å². The molecule has 1 aromatic rings. The zero-order valence-electron chi connectivity index (χ0n) is 15.0. The first-order valence-electron chi connectivity index (χ1n) is 8.68. The maximum absolute atomic E-state index is 12.4. The van der Waals surface area contributed by atoms with E-state index < -0.39 is 0 Å². The number of nitrogens with zero attached hydrogens (tertiary/aromatic N) is 2. The molecule has 0 aliphatic rings. The minimum absolute atomic E-state index is 0.0334. The molecule has 1 amide bonds. The first kappa shape index (κ1) is 21.0. The highest BCUT2D eigenvalue weighted by Crippen LogP contribution is 2.23. The number of carbonyl (C=O) groups is 2. The van der Waals surface area contributed by atoms with Crippen molar-refractivity contribution < 1.29 is 14.3 Å². The maximum atomic E-state index is 12.4. The summed E-state index contributed by atoms with van der Waals surface area (Å²) in [4.78, 5) is 26.5. The number of hydrogen-bond acceptors (Lipinski definition) is 5. The van der Waals surface area contributed by atoms with Gasteiger partial charge in [-0.25, -0.2) is 0 Å². The lowest BCUT2D eigenvalue weighted by molar-refractivity contribution is -0.144.